The van der Waals surface area contributed by atoms with Gasteiger partial charge in [0.25, 0.3) is 5.91 Å². The van der Waals surface area contributed by atoms with Crippen LogP contribution in [0.1, 0.15) is 22.8 Å². The highest BCUT2D eigenvalue weighted by atomic mass is 16.5. The normalized spacial score (nSPS) is 9.95. The number of aromatic nitrogens is 1. The molecule has 5 heteroatoms. The Balaban J connectivity index is 1.86. The summed E-state index contributed by atoms with van der Waals surface area (Å²) < 4.78 is 5.17. The predicted molar refractivity (Wildman–Crippen MR) is 78.0 cm³/mol. The first kappa shape index (κ1) is 14.7. The number of ether oxygens (including phenoxy) is 1. The highest BCUT2D eigenvalue weighted by molar-refractivity contribution is 5.95. The van der Waals surface area contributed by atoms with Gasteiger partial charge in [-0.1, -0.05) is 19.1 Å². The van der Waals surface area contributed by atoms with Crippen molar-refractivity contribution in [2.24, 2.45) is 0 Å². The zero-order chi connectivity index (χ0) is 15.1. The minimum absolute atomic E-state index is 0.190. The minimum Gasteiger partial charge on any atom is -0.425 e. The largest absolute Gasteiger partial charge is 0.425 e. The zero-order valence-corrected chi connectivity index (χ0v) is 11.7. The lowest BCUT2D eigenvalue weighted by atomic mass is 10.2. The van der Waals surface area contributed by atoms with E-state index in [9.17, 15) is 9.59 Å². The van der Waals surface area contributed by atoms with Crippen molar-refractivity contribution in [1.29, 1.82) is 0 Å². The van der Waals surface area contributed by atoms with Crippen molar-refractivity contribution >= 4 is 11.9 Å². The van der Waals surface area contributed by atoms with Crippen LogP contribution in [-0.2, 0) is 11.2 Å². The summed E-state index contributed by atoms with van der Waals surface area (Å²) in [5.41, 5.74) is 1.48. The molecule has 108 valence electrons. The van der Waals surface area contributed by atoms with Gasteiger partial charge < -0.3 is 10.1 Å². The van der Waals surface area contributed by atoms with Crippen LogP contribution in [0, 0.1) is 0 Å². The van der Waals surface area contributed by atoms with Gasteiger partial charge in [-0.25, -0.2) is 4.79 Å². The molecule has 1 N–H and O–H groups in total. The van der Waals surface area contributed by atoms with Crippen molar-refractivity contribution < 1.29 is 14.3 Å². The molecule has 0 atom stereocenters. The summed E-state index contributed by atoms with van der Waals surface area (Å²) >= 11 is 0. The van der Waals surface area contributed by atoms with E-state index >= 15 is 0 Å². The number of amides is 1. The molecule has 0 aliphatic rings. The Morgan fingerprint density at radius 1 is 1.24 bits per heavy atom. The highest BCUT2D eigenvalue weighted by Gasteiger charge is 2.09. The number of nitrogens with zero attached hydrogens (tertiary/aromatic N) is 1. The summed E-state index contributed by atoms with van der Waals surface area (Å²) in [4.78, 5) is 27.3. The molecule has 2 aromatic rings. The fourth-order valence-corrected chi connectivity index (χ4v) is 1.75. The number of hydrogen-bond acceptors (Lipinski definition) is 4. The average molecular weight is 284 g/mol. The van der Waals surface area contributed by atoms with E-state index in [1.165, 1.54) is 6.20 Å². The Hall–Kier alpha value is -2.69. The number of hydrogen-bond donors (Lipinski definition) is 1. The molecule has 1 aromatic carbocycles. The second-order valence-corrected chi connectivity index (χ2v) is 4.40. The second-order valence-electron chi connectivity index (χ2n) is 4.40. The van der Waals surface area contributed by atoms with Crippen molar-refractivity contribution in [3.8, 4) is 5.75 Å². The maximum absolute atomic E-state index is 11.7. The predicted octanol–water partition coefficient (Wildman–Crippen LogP) is 1.98. The van der Waals surface area contributed by atoms with Crippen LogP contribution >= 0.6 is 0 Å². The number of carbonyl (C=O) groups is 2. The molecule has 0 saturated heterocycles. The van der Waals surface area contributed by atoms with Crippen molar-refractivity contribution in [3.63, 3.8) is 0 Å². The fraction of sp³-hybridized carbons (Fsp3) is 0.188. The molecule has 21 heavy (non-hydrogen) atoms. The van der Waals surface area contributed by atoms with Gasteiger partial charge in [0.05, 0.1) is 5.56 Å². The summed E-state index contributed by atoms with van der Waals surface area (Å²) in [6.45, 7) is 1.83. The molecule has 0 fully saturated rings. The van der Waals surface area contributed by atoms with Gasteiger partial charge in [0.2, 0.25) is 0 Å². The van der Waals surface area contributed by atoms with E-state index in [4.69, 9.17) is 4.74 Å². The molecule has 5 nitrogen and oxygen atoms in total. The fourth-order valence-electron chi connectivity index (χ4n) is 1.75. The Labute approximate surface area is 123 Å². The Bertz CT molecular complexity index is 626. The van der Waals surface area contributed by atoms with Gasteiger partial charge in [0.15, 0.2) is 0 Å². The van der Waals surface area contributed by atoms with E-state index in [-0.39, 0.29) is 12.5 Å². The second kappa shape index (κ2) is 7.19. The lowest BCUT2D eigenvalue weighted by Gasteiger charge is -2.07. The van der Waals surface area contributed by atoms with Crippen LogP contribution in [0.3, 0.4) is 0 Å². The van der Waals surface area contributed by atoms with Crippen LogP contribution < -0.4 is 10.1 Å². The van der Waals surface area contributed by atoms with Crippen molar-refractivity contribution in [1.82, 2.24) is 10.3 Å². The SMILES string of the molecule is CCc1cccc(OC(=O)CNC(=O)c2cccnc2)c1. The van der Waals surface area contributed by atoms with Gasteiger partial charge in [-0.15, -0.1) is 0 Å². The smallest absolute Gasteiger partial charge is 0.330 e. The first-order chi connectivity index (χ1) is 10.2. The molecule has 1 amide bonds. The van der Waals surface area contributed by atoms with Crippen LogP contribution in [0.25, 0.3) is 0 Å². The van der Waals surface area contributed by atoms with Crippen molar-refractivity contribution in [2.45, 2.75) is 13.3 Å². The van der Waals surface area contributed by atoms with E-state index in [0.29, 0.717) is 11.3 Å². The molecule has 0 bridgehead atoms. The first-order valence-electron chi connectivity index (χ1n) is 6.67. The Kier molecular flexibility index (Phi) is 5.04. The highest BCUT2D eigenvalue weighted by Crippen LogP contribution is 2.13. The van der Waals surface area contributed by atoms with Gasteiger partial charge in [0.1, 0.15) is 12.3 Å². The van der Waals surface area contributed by atoms with Gasteiger partial charge in [-0.2, -0.15) is 0 Å². The maximum atomic E-state index is 11.7. The number of esters is 1. The molecule has 1 heterocycles. The lowest BCUT2D eigenvalue weighted by molar-refractivity contribution is -0.133. The summed E-state index contributed by atoms with van der Waals surface area (Å²) in [7, 11) is 0. The maximum Gasteiger partial charge on any atom is 0.330 e. The van der Waals surface area contributed by atoms with Crippen LogP contribution in [0.4, 0.5) is 0 Å². The zero-order valence-electron chi connectivity index (χ0n) is 11.7. The lowest BCUT2D eigenvalue weighted by Crippen LogP contribution is -2.31. The molecule has 0 radical (unpaired) electrons. The van der Waals surface area contributed by atoms with Crippen LogP contribution in [0.15, 0.2) is 48.8 Å². The van der Waals surface area contributed by atoms with E-state index in [2.05, 4.69) is 10.3 Å². The molecule has 2 rings (SSSR count). The summed E-state index contributed by atoms with van der Waals surface area (Å²) in [6.07, 6.45) is 3.88. The molecule has 0 spiro atoms. The third-order valence-electron chi connectivity index (χ3n) is 2.86. The summed E-state index contributed by atoms with van der Waals surface area (Å²) in [6, 6.07) is 10.6. The number of aryl methyl sites for hydroxylation is 1. The number of benzene rings is 1. The first-order valence-corrected chi connectivity index (χ1v) is 6.67. The van der Waals surface area contributed by atoms with E-state index in [1.807, 2.05) is 19.1 Å². The average Bonchev–Trinajstić information content (AvgIpc) is 2.53. The van der Waals surface area contributed by atoms with E-state index in [1.54, 1.807) is 30.5 Å². The molecule has 0 aliphatic carbocycles. The Morgan fingerprint density at radius 3 is 2.81 bits per heavy atom. The molecular formula is C16H16N2O3. The molecular weight excluding hydrogens is 268 g/mol. The van der Waals surface area contributed by atoms with E-state index in [0.717, 1.165) is 12.0 Å². The van der Waals surface area contributed by atoms with Gasteiger partial charge >= 0.3 is 5.97 Å². The number of carbonyl (C=O) groups excluding carboxylic acids is 2. The molecule has 1 aromatic heterocycles. The van der Waals surface area contributed by atoms with Crippen LogP contribution in [0.5, 0.6) is 5.75 Å². The van der Waals surface area contributed by atoms with Gasteiger partial charge in [0, 0.05) is 12.4 Å². The van der Waals surface area contributed by atoms with Gasteiger partial charge in [-0.3, -0.25) is 9.78 Å². The van der Waals surface area contributed by atoms with E-state index < -0.39 is 5.97 Å². The molecule has 0 saturated carbocycles. The van der Waals surface area contributed by atoms with Crippen molar-refractivity contribution in [3.05, 3.63) is 59.9 Å². The molecule has 0 aliphatic heterocycles. The van der Waals surface area contributed by atoms with Crippen LogP contribution in [-0.4, -0.2) is 23.4 Å². The third-order valence-corrected chi connectivity index (χ3v) is 2.86. The summed E-state index contributed by atoms with van der Waals surface area (Å²) in [5.74, 6) is -0.391. The monoisotopic (exact) mass is 284 g/mol. The third kappa shape index (κ3) is 4.42. The molecule has 0 unspecified atom stereocenters. The number of nitrogens with one attached hydrogen (secondary N) is 1. The topological polar surface area (TPSA) is 68.3 Å². The van der Waals surface area contributed by atoms with Crippen LogP contribution in [0.2, 0.25) is 0 Å². The minimum atomic E-state index is -0.513. The Morgan fingerprint density at radius 2 is 2.10 bits per heavy atom. The number of rotatable bonds is 5. The van der Waals surface area contributed by atoms with Gasteiger partial charge in [-0.05, 0) is 36.2 Å². The standard InChI is InChI=1S/C16H16N2O3/c1-2-12-5-3-7-14(9-12)21-15(19)11-18-16(20)13-6-4-8-17-10-13/h3-10H,2,11H2,1H3,(H,18,20). The summed E-state index contributed by atoms with van der Waals surface area (Å²) in [5, 5.41) is 2.49. The van der Waals surface area contributed by atoms with Crippen molar-refractivity contribution in [2.75, 3.05) is 6.54 Å². The number of pyridine rings is 1. The quantitative estimate of drug-likeness (QED) is 0.673.